The topological polar surface area (TPSA) is 97.3 Å². The third-order valence-electron chi connectivity index (χ3n) is 5.77. The number of hydrazone groups is 1. The second kappa shape index (κ2) is 12.7. The Morgan fingerprint density at radius 1 is 0.897 bits per heavy atom. The molecule has 0 unspecified atom stereocenters. The van der Waals surface area contributed by atoms with Gasteiger partial charge in [-0.1, -0.05) is 66.2 Å². The minimum Gasteiger partial charge on any atom is -0.493 e. The van der Waals surface area contributed by atoms with Crippen LogP contribution in [-0.4, -0.2) is 34.2 Å². The van der Waals surface area contributed by atoms with Gasteiger partial charge in [0.05, 0.1) is 23.9 Å². The van der Waals surface area contributed by atoms with Gasteiger partial charge < -0.3 is 9.47 Å². The number of amides is 1. The molecule has 39 heavy (non-hydrogen) atoms. The van der Waals surface area contributed by atoms with E-state index in [1.807, 2.05) is 37.3 Å². The quantitative estimate of drug-likeness (QED) is 0.214. The number of rotatable bonds is 11. The van der Waals surface area contributed by atoms with Crippen molar-refractivity contribution in [2.45, 2.75) is 18.4 Å². The van der Waals surface area contributed by atoms with Crippen LogP contribution in [0, 0.1) is 6.92 Å². The van der Waals surface area contributed by atoms with Gasteiger partial charge >= 0.3 is 0 Å². The average Bonchev–Trinajstić information content (AvgIpc) is 2.96. The van der Waals surface area contributed by atoms with Gasteiger partial charge in [0.25, 0.3) is 15.9 Å². The van der Waals surface area contributed by atoms with Crippen LogP contribution in [0.1, 0.15) is 16.7 Å². The summed E-state index contributed by atoms with van der Waals surface area (Å²) in [6.45, 7) is 1.84. The Morgan fingerprint density at radius 3 is 2.23 bits per heavy atom. The zero-order valence-electron chi connectivity index (χ0n) is 21.7. The number of nitrogens with one attached hydrogen (secondary N) is 1. The van der Waals surface area contributed by atoms with Gasteiger partial charge in [0.1, 0.15) is 13.2 Å². The highest BCUT2D eigenvalue weighted by Gasteiger charge is 2.27. The van der Waals surface area contributed by atoms with Crippen LogP contribution in [0.5, 0.6) is 11.5 Å². The van der Waals surface area contributed by atoms with Crippen molar-refractivity contribution in [1.29, 1.82) is 0 Å². The molecule has 1 amide bonds. The molecule has 4 aromatic rings. The van der Waals surface area contributed by atoms with Crippen LogP contribution in [0.2, 0.25) is 0 Å². The molecule has 0 atom stereocenters. The van der Waals surface area contributed by atoms with Crippen LogP contribution < -0.4 is 19.2 Å². The molecule has 0 bridgehead atoms. The summed E-state index contributed by atoms with van der Waals surface area (Å²) in [6.07, 6.45) is 1.45. The van der Waals surface area contributed by atoms with Crippen LogP contribution in [-0.2, 0) is 21.4 Å². The fraction of sp³-hybridized carbons (Fsp3) is 0.133. The van der Waals surface area contributed by atoms with Gasteiger partial charge in [-0.05, 0) is 60.5 Å². The lowest BCUT2D eigenvalue weighted by molar-refractivity contribution is -0.119. The maximum absolute atomic E-state index is 13.4. The number of anilines is 1. The van der Waals surface area contributed by atoms with Crippen molar-refractivity contribution in [3.05, 3.63) is 120 Å². The Morgan fingerprint density at radius 2 is 1.56 bits per heavy atom. The van der Waals surface area contributed by atoms with Gasteiger partial charge in [0, 0.05) is 0 Å². The fourth-order valence-corrected chi connectivity index (χ4v) is 5.15. The number of hydrogen-bond acceptors (Lipinski definition) is 6. The molecule has 0 saturated heterocycles. The van der Waals surface area contributed by atoms with E-state index in [0.717, 1.165) is 15.4 Å². The van der Waals surface area contributed by atoms with Gasteiger partial charge in [-0.15, -0.1) is 0 Å². The summed E-state index contributed by atoms with van der Waals surface area (Å²) in [7, 11) is -2.45. The summed E-state index contributed by atoms with van der Waals surface area (Å²) in [4.78, 5) is 12.9. The third-order valence-corrected chi connectivity index (χ3v) is 7.56. The SMILES string of the molecule is COc1cc(/C=N\NC(=O)CN(c2ccc(C)cc2)S(=O)(=O)c2ccccc2)ccc1OCc1ccccc1. The van der Waals surface area contributed by atoms with Gasteiger partial charge in [-0.2, -0.15) is 5.10 Å². The summed E-state index contributed by atoms with van der Waals surface area (Å²) >= 11 is 0. The molecule has 0 heterocycles. The first-order valence-corrected chi connectivity index (χ1v) is 13.6. The highest BCUT2D eigenvalue weighted by atomic mass is 32.2. The number of carbonyl (C=O) groups excluding carboxylic acids is 1. The number of sulfonamides is 1. The molecule has 0 saturated carbocycles. The van der Waals surface area contributed by atoms with Crippen molar-refractivity contribution in [2.24, 2.45) is 5.10 Å². The van der Waals surface area contributed by atoms with Crippen LogP contribution in [0.3, 0.4) is 0 Å². The van der Waals surface area contributed by atoms with E-state index in [-0.39, 0.29) is 4.90 Å². The fourth-order valence-electron chi connectivity index (χ4n) is 3.71. The molecule has 0 spiro atoms. The van der Waals surface area contributed by atoms with E-state index in [0.29, 0.717) is 29.4 Å². The van der Waals surface area contributed by atoms with Gasteiger partial charge in [-0.3, -0.25) is 9.10 Å². The highest BCUT2D eigenvalue weighted by molar-refractivity contribution is 7.92. The lowest BCUT2D eigenvalue weighted by Crippen LogP contribution is -2.39. The number of methoxy groups -OCH3 is 1. The maximum Gasteiger partial charge on any atom is 0.264 e. The Bertz CT molecular complexity index is 1520. The second-order valence-corrected chi connectivity index (χ2v) is 10.5. The lowest BCUT2D eigenvalue weighted by Gasteiger charge is -2.23. The van der Waals surface area contributed by atoms with Crippen LogP contribution in [0.15, 0.2) is 113 Å². The Balaban J connectivity index is 1.44. The predicted molar refractivity (Wildman–Crippen MR) is 152 cm³/mol. The van der Waals surface area contributed by atoms with E-state index in [4.69, 9.17) is 9.47 Å². The number of carbonyl (C=O) groups is 1. The summed E-state index contributed by atoms with van der Waals surface area (Å²) < 4.78 is 39.1. The summed E-state index contributed by atoms with van der Waals surface area (Å²) in [6, 6.07) is 30.0. The molecule has 9 heteroatoms. The lowest BCUT2D eigenvalue weighted by atomic mass is 10.2. The van der Waals surface area contributed by atoms with E-state index in [1.54, 1.807) is 67.8 Å². The molecule has 0 fully saturated rings. The van der Waals surface area contributed by atoms with Crippen molar-refractivity contribution in [1.82, 2.24) is 5.43 Å². The van der Waals surface area contributed by atoms with Crippen LogP contribution in [0.4, 0.5) is 5.69 Å². The molecule has 4 aromatic carbocycles. The zero-order chi connectivity index (χ0) is 27.7. The molecular weight excluding hydrogens is 514 g/mol. The first kappa shape index (κ1) is 27.4. The van der Waals surface area contributed by atoms with Crippen LogP contribution in [0.25, 0.3) is 0 Å². The molecular formula is C30H29N3O5S. The second-order valence-electron chi connectivity index (χ2n) is 8.64. The largest absolute Gasteiger partial charge is 0.493 e. The van der Waals surface area contributed by atoms with Crippen molar-refractivity contribution < 1.29 is 22.7 Å². The number of hydrogen-bond donors (Lipinski definition) is 1. The van der Waals surface area contributed by atoms with Crippen molar-refractivity contribution in [2.75, 3.05) is 18.0 Å². The first-order valence-electron chi connectivity index (χ1n) is 12.2. The van der Waals surface area contributed by atoms with E-state index in [2.05, 4.69) is 10.5 Å². The minimum absolute atomic E-state index is 0.0866. The summed E-state index contributed by atoms with van der Waals surface area (Å²) in [5.74, 6) is 0.490. The number of benzene rings is 4. The molecule has 0 aliphatic rings. The normalized spacial score (nSPS) is 11.2. The van der Waals surface area contributed by atoms with Gasteiger partial charge in [-0.25, -0.2) is 13.8 Å². The molecule has 0 aliphatic heterocycles. The van der Waals surface area contributed by atoms with E-state index in [9.17, 15) is 13.2 Å². The minimum atomic E-state index is -3.99. The van der Waals surface area contributed by atoms with Crippen molar-refractivity contribution in [3.8, 4) is 11.5 Å². The molecule has 200 valence electrons. The Kier molecular flexibility index (Phi) is 8.96. The molecule has 1 N–H and O–H groups in total. The summed E-state index contributed by atoms with van der Waals surface area (Å²) in [5, 5.41) is 4.01. The van der Waals surface area contributed by atoms with E-state index in [1.165, 1.54) is 18.3 Å². The zero-order valence-corrected chi connectivity index (χ0v) is 22.5. The standard InChI is InChI=1S/C30H29N3O5S/c1-23-13-16-26(17-14-23)33(39(35,36)27-11-7-4-8-12-27)21-30(34)32-31-20-25-15-18-28(29(19-25)37-2)38-22-24-9-5-3-6-10-24/h3-20H,21-22H2,1-2H3,(H,32,34)/b31-20-. The van der Waals surface area contributed by atoms with Crippen LogP contribution >= 0.6 is 0 Å². The Hall–Kier alpha value is -4.63. The van der Waals surface area contributed by atoms with Crippen molar-refractivity contribution >= 4 is 27.8 Å². The molecule has 0 aromatic heterocycles. The first-order chi connectivity index (χ1) is 18.9. The number of nitrogens with zero attached hydrogens (tertiary/aromatic N) is 2. The van der Waals surface area contributed by atoms with Gasteiger partial charge in [0.2, 0.25) is 0 Å². The highest BCUT2D eigenvalue weighted by Crippen LogP contribution is 2.28. The molecule has 0 radical (unpaired) electrons. The number of aryl methyl sites for hydroxylation is 1. The van der Waals surface area contributed by atoms with E-state index >= 15 is 0 Å². The monoisotopic (exact) mass is 543 g/mol. The molecule has 4 rings (SSSR count). The maximum atomic E-state index is 13.4. The van der Waals surface area contributed by atoms with E-state index < -0.39 is 22.5 Å². The predicted octanol–water partition coefficient (Wildman–Crippen LogP) is 4.93. The molecule has 8 nitrogen and oxygen atoms in total. The third kappa shape index (κ3) is 7.24. The van der Waals surface area contributed by atoms with Crippen molar-refractivity contribution in [3.63, 3.8) is 0 Å². The Labute approximate surface area is 228 Å². The number of ether oxygens (including phenoxy) is 2. The van der Waals surface area contributed by atoms with Gasteiger partial charge in [0.15, 0.2) is 11.5 Å². The average molecular weight is 544 g/mol. The summed E-state index contributed by atoms with van der Waals surface area (Å²) in [5.41, 5.74) is 5.45. The molecule has 0 aliphatic carbocycles. The smallest absolute Gasteiger partial charge is 0.264 e.